The van der Waals surface area contributed by atoms with Crippen LogP contribution in [-0.4, -0.2) is 38.2 Å². The van der Waals surface area contributed by atoms with Crippen LogP contribution in [0.2, 0.25) is 0 Å². The van der Waals surface area contributed by atoms with Gasteiger partial charge in [0, 0.05) is 12.7 Å². The molecule has 0 spiro atoms. The molecule has 0 amide bonds. The van der Waals surface area contributed by atoms with Gasteiger partial charge in [0.15, 0.2) is 12.6 Å². The third-order valence-corrected chi connectivity index (χ3v) is 2.91. The number of aromatic carboxylic acids is 1. The Bertz CT molecular complexity index is 476. The average molecular weight is 276 g/mol. The van der Waals surface area contributed by atoms with Gasteiger partial charge in [-0.15, -0.1) is 0 Å². The van der Waals surface area contributed by atoms with E-state index in [9.17, 15) is 4.79 Å². The van der Waals surface area contributed by atoms with E-state index in [1.54, 1.807) is 19.1 Å². The summed E-state index contributed by atoms with van der Waals surface area (Å²) in [7, 11) is 1.47. The van der Waals surface area contributed by atoms with Crippen molar-refractivity contribution in [2.24, 2.45) is 0 Å². The van der Waals surface area contributed by atoms with Crippen LogP contribution < -0.4 is 23.6 Å². The summed E-state index contributed by atoms with van der Waals surface area (Å²) in [6.07, 6.45) is 0. The average Bonchev–Trinajstić information content (AvgIpc) is 2.84. The quantitative estimate of drug-likeness (QED) is 0.532. The fourth-order valence-electron chi connectivity index (χ4n) is 1.90. The van der Waals surface area contributed by atoms with Crippen molar-refractivity contribution in [3.63, 3.8) is 0 Å². The van der Waals surface area contributed by atoms with E-state index in [0.29, 0.717) is 18.8 Å². The molecule has 1 N–H and O–H groups in total. The number of hydrogen-bond donors (Lipinski definition) is 1. The van der Waals surface area contributed by atoms with E-state index in [1.807, 2.05) is 0 Å². The first-order valence-electron chi connectivity index (χ1n) is 5.84. The number of carboxylic acid groups (broad SMARTS) is 1. The molecule has 2 rings (SSSR count). The molecule has 0 radical (unpaired) electrons. The summed E-state index contributed by atoms with van der Waals surface area (Å²) in [6, 6.07) is 4.74. The second kappa shape index (κ2) is 7.11. The summed E-state index contributed by atoms with van der Waals surface area (Å²) < 4.78 is 21.1. The molecule has 6 nitrogen and oxygen atoms in total. The monoisotopic (exact) mass is 276 g/mol. The number of methoxy groups -OCH3 is 1. The van der Waals surface area contributed by atoms with Crippen LogP contribution in [0.3, 0.4) is 0 Å². The van der Waals surface area contributed by atoms with Gasteiger partial charge < -0.3 is 25.5 Å². The number of benzene rings is 1. The van der Waals surface area contributed by atoms with Crippen LogP contribution in [0.5, 0.6) is 5.75 Å². The molecular weight excluding hydrogens is 259 g/mol. The molecule has 1 fully saturated rings. The van der Waals surface area contributed by atoms with E-state index in [1.165, 1.54) is 13.2 Å². The number of carboxylic acids is 1. The van der Waals surface area contributed by atoms with Gasteiger partial charge >= 0.3 is 24.8 Å². The Morgan fingerprint density at radius 3 is 2.65 bits per heavy atom. The molecule has 0 atom stereocenters. The molecule has 106 valence electrons. The van der Waals surface area contributed by atoms with Crippen LogP contribution in [0.1, 0.15) is 24.3 Å². The van der Waals surface area contributed by atoms with Gasteiger partial charge in [-0.2, -0.15) is 0 Å². The van der Waals surface area contributed by atoms with Gasteiger partial charge in [-0.3, -0.25) is 0 Å². The Morgan fingerprint density at radius 1 is 1.45 bits per heavy atom. The minimum absolute atomic E-state index is 0. The van der Waals surface area contributed by atoms with E-state index < -0.39 is 11.8 Å². The first-order chi connectivity index (χ1) is 9.07. The van der Waals surface area contributed by atoms with Crippen LogP contribution in [0.25, 0.3) is 0 Å². The third kappa shape index (κ3) is 3.54. The molecule has 1 heterocycles. The SMILES string of the molecule is COCOc1cc(C2(C)OCCO2)ccc1C(=O)O.[H-].[Li+]. The van der Waals surface area contributed by atoms with Crippen LogP contribution >= 0.6 is 0 Å². The summed E-state index contributed by atoms with van der Waals surface area (Å²) in [5.74, 6) is -1.69. The summed E-state index contributed by atoms with van der Waals surface area (Å²) in [6.45, 7) is 2.77. The van der Waals surface area contributed by atoms with Crippen molar-refractivity contribution < 1.29 is 49.1 Å². The maximum absolute atomic E-state index is 11.1. The predicted octanol–water partition coefficient (Wildman–Crippen LogP) is -1.30. The van der Waals surface area contributed by atoms with Crippen molar-refractivity contribution in [1.29, 1.82) is 0 Å². The zero-order valence-electron chi connectivity index (χ0n) is 12.8. The van der Waals surface area contributed by atoms with E-state index in [0.717, 1.165) is 0 Å². The first-order valence-corrected chi connectivity index (χ1v) is 5.84. The van der Waals surface area contributed by atoms with Crippen LogP contribution in [0, 0.1) is 0 Å². The molecule has 1 aromatic rings. The number of carbonyl (C=O) groups is 1. The normalized spacial score (nSPS) is 16.5. The molecule has 1 aromatic carbocycles. The Morgan fingerprint density at radius 2 is 2.10 bits per heavy atom. The molecule has 1 aliphatic heterocycles. The van der Waals surface area contributed by atoms with Crippen LogP contribution in [-0.2, 0) is 20.0 Å². The molecule has 0 aromatic heterocycles. The number of ether oxygens (including phenoxy) is 4. The molecule has 7 heteroatoms. The molecular formula is C13H17LiO6. The van der Waals surface area contributed by atoms with E-state index in [2.05, 4.69) is 0 Å². The first kappa shape index (κ1) is 17.0. The molecule has 0 aliphatic carbocycles. The van der Waals surface area contributed by atoms with E-state index >= 15 is 0 Å². The van der Waals surface area contributed by atoms with Crippen molar-refractivity contribution >= 4 is 5.97 Å². The van der Waals surface area contributed by atoms with E-state index in [-0.39, 0.29) is 38.4 Å². The second-order valence-corrected chi connectivity index (χ2v) is 4.21. The van der Waals surface area contributed by atoms with Crippen molar-refractivity contribution in [1.82, 2.24) is 0 Å². The van der Waals surface area contributed by atoms with Gasteiger partial charge in [0.25, 0.3) is 0 Å². The largest absolute Gasteiger partial charge is 1.00 e. The molecule has 1 aliphatic rings. The van der Waals surface area contributed by atoms with Gasteiger partial charge in [-0.05, 0) is 19.1 Å². The molecule has 20 heavy (non-hydrogen) atoms. The third-order valence-electron chi connectivity index (χ3n) is 2.91. The van der Waals surface area contributed by atoms with Gasteiger partial charge in [-0.25, -0.2) is 4.79 Å². The minimum Gasteiger partial charge on any atom is -1.00 e. The van der Waals surface area contributed by atoms with Crippen molar-refractivity contribution in [3.8, 4) is 5.75 Å². The molecule has 0 saturated carbocycles. The number of rotatable bonds is 5. The smallest absolute Gasteiger partial charge is 1.00 e. The van der Waals surface area contributed by atoms with E-state index in [4.69, 9.17) is 24.1 Å². The molecule has 0 bridgehead atoms. The second-order valence-electron chi connectivity index (χ2n) is 4.21. The zero-order chi connectivity index (χ0) is 13.9. The fraction of sp³-hybridized carbons (Fsp3) is 0.462. The summed E-state index contributed by atoms with van der Waals surface area (Å²) in [5.41, 5.74) is 0.781. The van der Waals surface area contributed by atoms with Gasteiger partial charge in [-0.1, -0.05) is 6.07 Å². The Hall–Kier alpha value is -1.03. The minimum atomic E-state index is -1.06. The fourth-order valence-corrected chi connectivity index (χ4v) is 1.90. The zero-order valence-corrected chi connectivity index (χ0v) is 11.8. The van der Waals surface area contributed by atoms with Gasteiger partial charge in [0.05, 0.1) is 13.2 Å². The van der Waals surface area contributed by atoms with Crippen molar-refractivity contribution in [3.05, 3.63) is 29.3 Å². The molecule has 1 saturated heterocycles. The maximum Gasteiger partial charge on any atom is 1.00 e. The Balaban J connectivity index is 0.00000200. The Kier molecular flexibility index (Phi) is 6.05. The van der Waals surface area contributed by atoms with Crippen LogP contribution in [0.15, 0.2) is 18.2 Å². The van der Waals surface area contributed by atoms with Gasteiger partial charge in [0.1, 0.15) is 11.3 Å². The maximum atomic E-state index is 11.1. The van der Waals surface area contributed by atoms with Gasteiger partial charge in [0.2, 0.25) is 0 Å². The van der Waals surface area contributed by atoms with Crippen molar-refractivity contribution in [2.75, 3.05) is 27.1 Å². The topological polar surface area (TPSA) is 74.2 Å². The summed E-state index contributed by atoms with van der Waals surface area (Å²) in [4.78, 5) is 11.1. The summed E-state index contributed by atoms with van der Waals surface area (Å²) in [5, 5.41) is 9.10. The standard InChI is InChI=1S/C13H16O6.Li.H/c1-13(18-5-6-19-13)9-3-4-10(12(14)15)11(7-9)17-8-16-2;;/h3-4,7H,5-6,8H2,1-2H3,(H,14,15);;/q;+1;-1. The van der Waals surface area contributed by atoms with Crippen LogP contribution in [0.4, 0.5) is 0 Å². The predicted molar refractivity (Wildman–Crippen MR) is 66.3 cm³/mol. The summed E-state index contributed by atoms with van der Waals surface area (Å²) >= 11 is 0. The molecule has 0 unspecified atom stereocenters. The Labute approximate surface area is 130 Å². The van der Waals surface area contributed by atoms with Crippen molar-refractivity contribution in [2.45, 2.75) is 12.7 Å². The number of hydrogen-bond acceptors (Lipinski definition) is 5.